The number of non-ortho nitro benzene ring substituents is 1. The van der Waals surface area contributed by atoms with Crippen molar-refractivity contribution in [2.24, 2.45) is 0 Å². The van der Waals surface area contributed by atoms with Gasteiger partial charge in [-0.1, -0.05) is 6.07 Å². The van der Waals surface area contributed by atoms with E-state index in [1.807, 2.05) is 0 Å². The predicted molar refractivity (Wildman–Crippen MR) is 47.3 cm³/mol. The molecule has 0 N–H and O–H groups in total. The first kappa shape index (κ1) is 9.06. The maximum atomic E-state index is 10.5. The number of oxazole rings is 1. The Balaban J connectivity index is 2.75. The molecule has 0 spiro atoms. The number of hydrogen-bond donors (Lipinski definition) is 0. The predicted octanol–water partition coefficient (Wildman–Crippen LogP) is 1.64. The van der Waals surface area contributed by atoms with Gasteiger partial charge in [-0.05, 0) is 6.07 Å². The second-order valence-corrected chi connectivity index (χ2v) is 2.63. The van der Waals surface area contributed by atoms with Crippen LogP contribution in [0.1, 0.15) is 0 Å². The average molecular weight is 209 g/mol. The van der Waals surface area contributed by atoms with E-state index in [-0.39, 0.29) is 16.8 Å². The van der Waals surface area contributed by atoms with Crippen LogP contribution in [-0.2, 0) is 0 Å². The minimum atomic E-state index is -0.844. The van der Waals surface area contributed by atoms with Crippen molar-refractivity contribution in [1.82, 2.24) is 4.98 Å². The van der Waals surface area contributed by atoms with Crippen molar-refractivity contribution in [1.29, 1.82) is 0 Å². The summed E-state index contributed by atoms with van der Waals surface area (Å²) >= 11 is 0. The zero-order chi connectivity index (χ0) is 11.0. The van der Waals surface area contributed by atoms with Gasteiger partial charge in [0.25, 0.3) is 5.52 Å². The third kappa shape index (κ3) is 1.37. The number of rotatable bonds is 2. The number of nitro benzene ring substituents is 1. The SMILES string of the molecule is O=[N+]([O-])c1nc2c([N+](=O)[O-])cccc2o1. The lowest BCUT2D eigenvalue weighted by atomic mass is 10.3. The summed E-state index contributed by atoms with van der Waals surface area (Å²) in [7, 11) is 0. The van der Waals surface area contributed by atoms with Crippen LogP contribution in [0.5, 0.6) is 0 Å². The summed E-state index contributed by atoms with van der Waals surface area (Å²) in [6.07, 6.45) is 0. The van der Waals surface area contributed by atoms with E-state index in [9.17, 15) is 20.2 Å². The van der Waals surface area contributed by atoms with Crippen LogP contribution in [0, 0.1) is 20.2 Å². The molecule has 0 saturated heterocycles. The number of fused-ring (bicyclic) bond motifs is 1. The summed E-state index contributed by atoms with van der Waals surface area (Å²) < 4.78 is 4.71. The highest BCUT2D eigenvalue weighted by Gasteiger charge is 2.25. The molecule has 0 atom stereocenters. The molecule has 2 aromatic rings. The van der Waals surface area contributed by atoms with Crippen LogP contribution in [0.2, 0.25) is 0 Å². The molecule has 8 nitrogen and oxygen atoms in total. The van der Waals surface area contributed by atoms with Gasteiger partial charge in [-0.3, -0.25) is 10.1 Å². The fourth-order valence-corrected chi connectivity index (χ4v) is 1.15. The Bertz CT molecular complexity index is 561. The van der Waals surface area contributed by atoms with Crippen molar-refractivity contribution in [3.05, 3.63) is 38.4 Å². The highest BCUT2D eigenvalue weighted by molar-refractivity contribution is 5.83. The van der Waals surface area contributed by atoms with Crippen LogP contribution in [-0.4, -0.2) is 14.8 Å². The largest absolute Gasteiger partial charge is 0.546 e. The fraction of sp³-hybridized carbons (Fsp3) is 0. The van der Waals surface area contributed by atoms with Crippen molar-refractivity contribution in [2.75, 3.05) is 0 Å². The van der Waals surface area contributed by atoms with Crippen molar-refractivity contribution < 1.29 is 14.3 Å². The molecule has 0 aliphatic heterocycles. The molecule has 0 amide bonds. The Morgan fingerprint density at radius 1 is 1.20 bits per heavy atom. The minimum absolute atomic E-state index is 0.0240. The lowest BCUT2D eigenvalue weighted by Gasteiger charge is -1.86. The van der Waals surface area contributed by atoms with Gasteiger partial charge in [0.05, 0.1) is 4.92 Å². The number of nitro groups is 2. The normalized spacial score (nSPS) is 10.4. The van der Waals surface area contributed by atoms with E-state index in [1.54, 1.807) is 0 Å². The van der Waals surface area contributed by atoms with Crippen molar-refractivity contribution in [3.8, 4) is 0 Å². The molecule has 1 aromatic heterocycles. The Morgan fingerprint density at radius 3 is 2.53 bits per heavy atom. The standard InChI is InChI=1S/C7H3N3O5/c11-9(12)4-2-1-3-5-6(4)8-7(15-5)10(13)14/h1-3H. The van der Waals surface area contributed by atoms with Crippen LogP contribution in [0.3, 0.4) is 0 Å². The van der Waals surface area contributed by atoms with E-state index in [1.165, 1.54) is 18.2 Å². The van der Waals surface area contributed by atoms with E-state index in [0.29, 0.717) is 0 Å². The average Bonchev–Trinajstić information content (AvgIpc) is 2.60. The Hall–Kier alpha value is -2.51. The van der Waals surface area contributed by atoms with Gasteiger partial charge < -0.3 is 14.5 Å². The lowest BCUT2D eigenvalue weighted by molar-refractivity contribution is -0.406. The number of aromatic nitrogens is 1. The second kappa shape index (κ2) is 3.01. The van der Waals surface area contributed by atoms with Gasteiger partial charge in [0, 0.05) is 16.0 Å². The van der Waals surface area contributed by atoms with Gasteiger partial charge >= 0.3 is 11.7 Å². The molecule has 2 rings (SSSR count). The summed E-state index contributed by atoms with van der Waals surface area (Å²) in [5.74, 6) is 0. The van der Waals surface area contributed by atoms with E-state index in [0.717, 1.165) is 0 Å². The molecule has 0 aliphatic carbocycles. The van der Waals surface area contributed by atoms with Gasteiger partial charge in [0.1, 0.15) is 0 Å². The smallest absolute Gasteiger partial charge is 0.381 e. The molecular weight excluding hydrogens is 206 g/mol. The van der Waals surface area contributed by atoms with Crippen LogP contribution < -0.4 is 0 Å². The first-order chi connectivity index (χ1) is 7.09. The quantitative estimate of drug-likeness (QED) is 0.548. The monoisotopic (exact) mass is 209 g/mol. The molecule has 0 bridgehead atoms. The molecule has 1 aromatic carbocycles. The van der Waals surface area contributed by atoms with Gasteiger partial charge in [-0.15, -0.1) is 0 Å². The molecule has 0 fully saturated rings. The number of nitrogens with zero attached hydrogens (tertiary/aromatic N) is 3. The molecule has 0 aliphatic rings. The van der Waals surface area contributed by atoms with Gasteiger partial charge in [0.15, 0.2) is 5.58 Å². The molecule has 0 saturated carbocycles. The highest BCUT2D eigenvalue weighted by atomic mass is 16.7. The fourth-order valence-electron chi connectivity index (χ4n) is 1.15. The summed E-state index contributed by atoms with van der Waals surface area (Å²) in [5.41, 5.74) is -0.408. The van der Waals surface area contributed by atoms with Gasteiger partial charge in [-0.25, -0.2) is 0 Å². The van der Waals surface area contributed by atoms with Crippen molar-refractivity contribution in [3.63, 3.8) is 0 Å². The van der Waals surface area contributed by atoms with E-state index < -0.39 is 15.9 Å². The number of hydrogen-bond acceptors (Lipinski definition) is 6. The van der Waals surface area contributed by atoms with E-state index in [2.05, 4.69) is 4.98 Å². The van der Waals surface area contributed by atoms with Crippen LogP contribution in [0.4, 0.5) is 11.7 Å². The summed E-state index contributed by atoms with van der Waals surface area (Å²) in [5, 5.41) is 20.9. The Morgan fingerprint density at radius 2 is 1.93 bits per heavy atom. The molecule has 0 radical (unpaired) electrons. The zero-order valence-corrected chi connectivity index (χ0v) is 7.11. The van der Waals surface area contributed by atoms with Gasteiger partial charge in [-0.2, -0.15) is 0 Å². The van der Waals surface area contributed by atoms with E-state index in [4.69, 9.17) is 4.42 Å². The molecule has 0 unspecified atom stereocenters. The van der Waals surface area contributed by atoms with E-state index >= 15 is 0 Å². The van der Waals surface area contributed by atoms with Gasteiger partial charge in [0.2, 0.25) is 0 Å². The molecule has 8 heteroatoms. The topological polar surface area (TPSA) is 112 Å². The van der Waals surface area contributed by atoms with Crippen LogP contribution in [0.15, 0.2) is 22.6 Å². The Labute approximate surface area is 81.4 Å². The number of para-hydroxylation sites is 1. The third-order valence-corrected chi connectivity index (χ3v) is 1.74. The molecular formula is C7H3N3O5. The van der Waals surface area contributed by atoms with Crippen molar-refractivity contribution in [2.45, 2.75) is 0 Å². The number of benzene rings is 1. The first-order valence-electron chi connectivity index (χ1n) is 3.78. The summed E-state index contributed by atoms with van der Waals surface area (Å²) in [4.78, 5) is 22.8. The third-order valence-electron chi connectivity index (χ3n) is 1.74. The highest BCUT2D eigenvalue weighted by Crippen LogP contribution is 2.27. The first-order valence-corrected chi connectivity index (χ1v) is 3.78. The summed E-state index contributed by atoms with van der Waals surface area (Å²) in [6, 6.07) is 3.20. The second-order valence-electron chi connectivity index (χ2n) is 2.63. The molecule has 1 heterocycles. The maximum Gasteiger partial charge on any atom is 0.546 e. The maximum absolute atomic E-state index is 10.5. The molecule has 15 heavy (non-hydrogen) atoms. The Kier molecular flexibility index (Phi) is 1.82. The van der Waals surface area contributed by atoms with Crippen LogP contribution >= 0.6 is 0 Å². The van der Waals surface area contributed by atoms with Crippen LogP contribution in [0.25, 0.3) is 11.1 Å². The zero-order valence-electron chi connectivity index (χ0n) is 7.11. The summed E-state index contributed by atoms with van der Waals surface area (Å²) in [6.45, 7) is 0. The lowest BCUT2D eigenvalue weighted by Crippen LogP contribution is -1.89. The van der Waals surface area contributed by atoms with Crippen molar-refractivity contribution >= 4 is 22.8 Å². The minimum Gasteiger partial charge on any atom is -0.381 e. The molecule has 76 valence electrons.